The van der Waals surface area contributed by atoms with Gasteiger partial charge >= 0.3 is 5.97 Å². The van der Waals surface area contributed by atoms with Crippen LogP contribution in [-0.4, -0.2) is 24.5 Å². The maximum atomic E-state index is 12.1. The van der Waals surface area contributed by atoms with Gasteiger partial charge in [-0.3, -0.25) is 4.72 Å². The van der Waals surface area contributed by atoms with Crippen LogP contribution in [0.3, 0.4) is 0 Å². The Morgan fingerprint density at radius 2 is 2.16 bits per heavy atom. The molecule has 0 atom stereocenters. The van der Waals surface area contributed by atoms with Gasteiger partial charge in [0.1, 0.15) is 10.7 Å². The number of hydrogen-bond acceptors (Lipinski definition) is 6. The molecule has 7 nitrogen and oxygen atoms in total. The summed E-state index contributed by atoms with van der Waals surface area (Å²) in [5.41, 5.74) is 0.692. The number of anilines is 1. The molecule has 0 radical (unpaired) electrons. The second-order valence-corrected chi connectivity index (χ2v) is 6.24. The van der Waals surface area contributed by atoms with E-state index in [1.807, 2.05) is 0 Å². The third-order valence-corrected chi connectivity index (χ3v) is 4.66. The molecule has 0 aliphatic heterocycles. The SMILES string of the molecule is Cc1csc(NS(=O)(=O)c2cc(C(=O)O)oc2C)n1. The number of sulfonamides is 1. The number of rotatable bonds is 4. The lowest BCUT2D eigenvalue weighted by molar-refractivity contribution is 0.0661. The molecule has 0 fully saturated rings. The van der Waals surface area contributed by atoms with Crippen LogP contribution in [0.5, 0.6) is 0 Å². The number of carbonyl (C=O) groups is 1. The number of furan rings is 1. The molecular weight excluding hydrogens is 292 g/mol. The van der Waals surface area contributed by atoms with Gasteiger partial charge in [0.25, 0.3) is 10.0 Å². The van der Waals surface area contributed by atoms with Gasteiger partial charge in [0.2, 0.25) is 5.76 Å². The summed E-state index contributed by atoms with van der Waals surface area (Å²) in [4.78, 5) is 14.5. The summed E-state index contributed by atoms with van der Waals surface area (Å²) >= 11 is 1.14. The molecule has 0 aliphatic carbocycles. The molecule has 0 unspecified atom stereocenters. The molecule has 0 saturated carbocycles. The van der Waals surface area contributed by atoms with Gasteiger partial charge in [-0.1, -0.05) is 0 Å². The first-order chi connectivity index (χ1) is 8.79. The molecule has 0 saturated heterocycles. The topological polar surface area (TPSA) is 110 Å². The van der Waals surface area contributed by atoms with Crippen LogP contribution < -0.4 is 4.72 Å². The standard InChI is InChI=1S/C10H10N2O5S2/c1-5-4-18-10(11-5)12-19(15,16)8-3-7(9(13)14)17-6(8)2/h3-4H,1-2H3,(H,11,12)(H,13,14). The predicted octanol–water partition coefficient (Wildman–Crippen LogP) is 1.85. The van der Waals surface area contributed by atoms with Crippen LogP contribution in [0.25, 0.3) is 0 Å². The molecule has 2 heterocycles. The first-order valence-electron chi connectivity index (χ1n) is 5.08. The van der Waals surface area contributed by atoms with Crippen LogP contribution in [0.15, 0.2) is 20.8 Å². The molecule has 19 heavy (non-hydrogen) atoms. The van der Waals surface area contributed by atoms with E-state index >= 15 is 0 Å². The van der Waals surface area contributed by atoms with E-state index in [2.05, 4.69) is 9.71 Å². The van der Waals surface area contributed by atoms with Crippen LogP contribution in [0, 0.1) is 13.8 Å². The number of thiazole rings is 1. The summed E-state index contributed by atoms with van der Waals surface area (Å²) < 4.78 is 31.3. The van der Waals surface area contributed by atoms with Crippen LogP contribution in [0.1, 0.15) is 22.0 Å². The minimum absolute atomic E-state index is 0.0122. The van der Waals surface area contributed by atoms with Crippen molar-refractivity contribution in [3.63, 3.8) is 0 Å². The van der Waals surface area contributed by atoms with Crippen LogP contribution in [-0.2, 0) is 10.0 Å². The lowest BCUT2D eigenvalue weighted by atomic mass is 10.4. The Bertz CT molecular complexity index is 729. The molecule has 0 bridgehead atoms. The van der Waals surface area contributed by atoms with Crippen LogP contribution in [0.2, 0.25) is 0 Å². The van der Waals surface area contributed by atoms with E-state index in [4.69, 9.17) is 9.52 Å². The minimum Gasteiger partial charge on any atom is -0.475 e. The Hall–Kier alpha value is -1.87. The van der Waals surface area contributed by atoms with Gasteiger partial charge in [0, 0.05) is 11.4 Å². The smallest absolute Gasteiger partial charge is 0.371 e. The van der Waals surface area contributed by atoms with Gasteiger partial charge in [-0.25, -0.2) is 18.2 Å². The molecule has 2 rings (SSSR count). The first kappa shape index (κ1) is 13.6. The highest BCUT2D eigenvalue weighted by Gasteiger charge is 2.24. The number of hydrogen-bond donors (Lipinski definition) is 2. The van der Waals surface area contributed by atoms with Gasteiger partial charge < -0.3 is 9.52 Å². The second kappa shape index (κ2) is 4.67. The van der Waals surface area contributed by atoms with Gasteiger partial charge in [-0.2, -0.15) is 0 Å². The molecule has 2 aromatic heterocycles. The molecule has 0 amide bonds. The van der Waals surface area contributed by atoms with Crippen molar-refractivity contribution in [2.75, 3.05) is 4.72 Å². The Kier molecular flexibility index (Phi) is 3.33. The minimum atomic E-state index is -3.90. The average molecular weight is 302 g/mol. The van der Waals surface area contributed by atoms with Gasteiger partial charge in [0.05, 0.1) is 5.69 Å². The van der Waals surface area contributed by atoms with Crippen LogP contribution in [0.4, 0.5) is 5.13 Å². The van der Waals surface area contributed by atoms with E-state index in [0.29, 0.717) is 5.69 Å². The lowest BCUT2D eigenvalue weighted by Crippen LogP contribution is -2.13. The predicted molar refractivity (Wildman–Crippen MR) is 68.1 cm³/mol. The number of aryl methyl sites for hydroxylation is 2. The molecule has 0 aromatic carbocycles. The highest BCUT2D eigenvalue weighted by atomic mass is 32.2. The summed E-state index contributed by atoms with van der Waals surface area (Å²) in [6, 6.07) is 0.973. The number of aromatic nitrogens is 1. The number of carboxylic acids is 1. The van der Waals surface area contributed by atoms with Crippen molar-refractivity contribution in [3.05, 3.63) is 28.7 Å². The van der Waals surface area contributed by atoms with Gasteiger partial charge in [-0.05, 0) is 13.8 Å². The summed E-state index contributed by atoms with van der Waals surface area (Å²) in [6.45, 7) is 3.12. The Morgan fingerprint density at radius 1 is 1.47 bits per heavy atom. The number of aromatic carboxylic acids is 1. The van der Waals surface area contributed by atoms with Gasteiger partial charge in [-0.15, -0.1) is 11.3 Å². The summed E-state index contributed by atoms with van der Waals surface area (Å²) in [7, 11) is -3.90. The quantitative estimate of drug-likeness (QED) is 0.892. The van der Waals surface area contributed by atoms with Crippen LogP contribution >= 0.6 is 11.3 Å². The highest BCUT2D eigenvalue weighted by molar-refractivity contribution is 7.93. The van der Waals surface area contributed by atoms with Crippen molar-refractivity contribution < 1.29 is 22.7 Å². The Morgan fingerprint density at radius 3 is 2.63 bits per heavy atom. The lowest BCUT2D eigenvalue weighted by Gasteiger charge is -2.02. The van der Waals surface area contributed by atoms with E-state index in [1.54, 1.807) is 12.3 Å². The zero-order chi connectivity index (χ0) is 14.2. The van der Waals surface area contributed by atoms with Crippen molar-refractivity contribution in [2.45, 2.75) is 18.7 Å². The van der Waals surface area contributed by atoms with E-state index in [-0.39, 0.29) is 15.8 Å². The molecular formula is C10H10N2O5S2. The zero-order valence-corrected chi connectivity index (χ0v) is 11.6. The maximum Gasteiger partial charge on any atom is 0.371 e. The number of nitrogens with one attached hydrogen (secondary N) is 1. The van der Waals surface area contributed by atoms with Crippen molar-refractivity contribution in [2.24, 2.45) is 0 Å². The molecule has 102 valence electrons. The summed E-state index contributed by atoms with van der Waals surface area (Å²) in [6.07, 6.45) is 0. The van der Waals surface area contributed by atoms with E-state index in [0.717, 1.165) is 17.4 Å². The van der Waals surface area contributed by atoms with Gasteiger partial charge in [0.15, 0.2) is 5.13 Å². The van der Waals surface area contributed by atoms with Crippen molar-refractivity contribution >= 4 is 32.5 Å². The van der Waals surface area contributed by atoms with E-state index in [1.165, 1.54) is 6.92 Å². The fraction of sp³-hybridized carbons (Fsp3) is 0.200. The average Bonchev–Trinajstić information content (AvgIpc) is 2.85. The maximum absolute atomic E-state index is 12.1. The monoisotopic (exact) mass is 302 g/mol. The third kappa shape index (κ3) is 2.76. The van der Waals surface area contributed by atoms with E-state index < -0.39 is 21.8 Å². The fourth-order valence-corrected chi connectivity index (χ4v) is 3.53. The summed E-state index contributed by atoms with van der Waals surface area (Å²) in [5.74, 6) is -1.74. The van der Waals surface area contributed by atoms with Crippen molar-refractivity contribution in [1.29, 1.82) is 0 Å². The normalized spacial score (nSPS) is 11.5. The first-order valence-corrected chi connectivity index (χ1v) is 7.44. The molecule has 0 aliphatic rings. The molecule has 0 spiro atoms. The molecule has 2 N–H and O–H groups in total. The fourth-order valence-electron chi connectivity index (χ4n) is 1.41. The number of nitrogens with zero attached hydrogens (tertiary/aromatic N) is 1. The van der Waals surface area contributed by atoms with E-state index in [9.17, 15) is 13.2 Å². The Balaban J connectivity index is 2.37. The van der Waals surface area contributed by atoms with Crippen molar-refractivity contribution in [1.82, 2.24) is 4.98 Å². The molecule has 2 aromatic rings. The second-order valence-electron chi connectivity index (χ2n) is 3.74. The largest absolute Gasteiger partial charge is 0.475 e. The highest BCUT2D eigenvalue weighted by Crippen LogP contribution is 2.24. The number of carboxylic acid groups (broad SMARTS) is 1. The Labute approximate surface area is 113 Å². The molecule has 9 heteroatoms. The zero-order valence-electron chi connectivity index (χ0n) is 10.00. The summed E-state index contributed by atoms with van der Waals surface area (Å²) in [5, 5.41) is 10.7. The van der Waals surface area contributed by atoms with Crippen molar-refractivity contribution in [3.8, 4) is 0 Å². The third-order valence-electron chi connectivity index (χ3n) is 2.21.